The molecule has 0 saturated carbocycles. The molecule has 0 aliphatic carbocycles. The summed E-state index contributed by atoms with van der Waals surface area (Å²) < 4.78 is 4.63. The lowest BCUT2D eigenvalue weighted by Crippen LogP contribution is -1.95. The molecule has 0 radical (unpaired) electrons. The van der Waals surface area contributed by atoms with Crippen molar-refractivity contribution in [3.63, 3.8) is 0 Å². The highest BCUT2D eigenvalue weighted by atomic mass is 15.0. The van der Waals surface area contributed by atoms with Crippen molar-refractivity contribution in [3.8, 4) is 67.3 Å². The minimum atomic E-state index is 0.955. The molecular weight excluding hydrogens is 757 g/mol. The van der Waals surface area contributed by atoms with Crippen LogP contribution in [-0.2, 0) is 0 Å². The van der Waals surface area contributed by atoms with Gasteiger partial charge in [-0.05, 0) is 130 Å². The van der Waals surface area contributed by atoms with E-state index in [2.05, 4.69) is 177 Å². The van der Waals surface area contributed by atoms with Crippen LogP contribution in [0.5, 0.6) is 0 Å². The fourth-order valence-corrected chi connectivity index (χ4v) is 9.13. The van der Waals surface area contributed by atoms with Crippen LogP contribution in [0.2, 0.25) is 0 Å². The Morgan fingerprint density at radius 3 is 1.08 bits per heavy atom. The molecule has 62 heavy (non-hydrogen) atoms. The molecule has 0 spiro atoms. The number of hydrogen-bond acceptors (Lipinski definition) is 4. The second-order valence-corrected chi connectivity index (χ2v) is 15.5. The van der Waals surface area contributed by atoms with Crippen molar-refractivity contribution in [2.45, 2.75) is 0 Å². The average Bonchev–Trinajstić information content (AvgIpc) is 3.87. The maximum Gasteiger partial charge on any atom is 0.0963 e. The normalized spacial score (nSPS) is 11.5. The van der Waals surface area contributed by atoms with E-state index in [1.165, 1.54) is 0 Å². The minimum absolute atomic E-state index is 0.955. The molecule has 0 bridgehead atoms. The van der Waals surface area contributed by atoms with Gasteiger partial charge in [0.15, 0.2) is 0 Å². The second-order valence-electron chi connectivity index (χ2n) is 15.5. The SMILES string of the molecule is c1ccc(-c2ccccc2-c2ccc3c(c2)c2ncccc2n3-c2ccc(-c3ccc(-n4c5ccc(-c6ccccc6-c6ccccn6)cc5c5ncccc54)cc3)cc2)nc1. The molecule has 0 amide bonds. The van der Waals surface area contributed by atoms with Gasteiger partial charge in [-0.15, -0.1) is 0 Å². The van der Waals surface area contributed by atoms with E-state index in [1.807, 2.05) is 61.2 Å². The van der Waals surface area contributed by atoms with Gasteiger partial charge in [0.05, 0.1) is 44.5 Å². The van der Waals surface area contributed by atoms with Gasteiger partial charge in [-0.2, -0.15) is 0 Å². The van der Waals surface area contributed by atoms with E-state index in [1.54, 1.807) is 0 Å². The molecule has 0 aliphatic heterocycles. The van der Waals surface area contributed by atoms with Gasteiger partial charge in [0.1, 0.15) is 0 Å². The lowest BCUT2D eigenvalue weighted by Gasteiger charge is -2.12. The number of rotatable bonds is 7. The molecule has 6 heteroatoms. The highest BCUT2D eigenvalue weighted by molar-refractivity contribution is 6.10. The van der Waals surface area contributed by atoms with Crippen molar-refractivity contribution in [1.29, 1.82) is 0 Å². The van der Waals surface area contributed by atoms with Gasteiger partial charge in [0, 0.05) is 58.1 Å². The number of aromatic nitrogens is 6. The van der Waals surface area contributed by atoms with Gasteiger partial charge in [-0.25, -0.2) is 0 Å². The molecule has 0 saturated heterocycles. The van der Waals surface area contributed by atoms with Crippen molar-refractivity contribution < 1.29 is 0 Å². The number of benzene rings is 6. The van der Waals surface area contributed by atoms with E-state index in [-0.39, 0.29) is 0 Å². The summed E-state index contributed by atoms with van der Waals surface area (Å²) in [5.41, 5.74) is 19.4. The quantitative estimate of drug-likeness (QED) is 0.161. The van der Waals surface area contributed by atoms with Crippen LogP contribution in [-0.4, -0.2) is 29.1 Å². The molecule has 12 aromatic rings. The standard InChI is InChI=1S/C56H36N6/c1-3-13-45(49-15-5-7-31-57-49)43(11-1)39-23-29-51-47(35-39)55-53(17-9-33-59-55)61(51)41-25-19-37(20-26-41)38-21-27-42(28-22-38)62-52-30-24-40(36-48(52)56-54(62)18-10-34-60-56)44-12-2-4-14-46(44)50-16-6-8-32-58-50/h1-36H. The highest BCUT2D eigenvalue weighted by Crippen LogP contribution is 2.39. The molecule has 0 fully saturated rings. The van der Waals surface area contributed by atoms with E-state index >= 15 is 0 Å². The van der Waals surface area contributed by atoms with Crippen LogP contribution in [0.15, 0.2) is 219 Å². The first kappa shape index (κ1) is 35.5. The fraction of sp³-hybridized carbons (Fsp3) is 0. The molecule has 290 valence electrons. The van der Waals surface area contributed by atoms with Crippen LogP contribution < -0.4 is 0 Å². The van der Waals surface area contributed by atoms with Gasteiger partial charge in [0.25, 0.3) is 0 Å². The molecule has 6 aromatic heterocycles. The van der Waals surface area contributed by atoms with Crippen LogP contribution >= 0.6 is 0 Å². The second kappa shape index (κ2) is 14.7. The summed E-state index contributed by atoms with van der Waals surface area (Å²) in [6, 6.07) is 68.5. The van der Waals surface area contributed by atoms with Crippen LogP contribution in [0.25, 0.3) is 111 Å². The maximum absolute atomic E-state index is 4.89. The van der Waals surface area contributed by atoms with Crippen molar-refractivity contribution in [1.82, 2.24) is 29.1 Å². The summed E-state index contributed by atoms with van der Waals surface area (Å²) in [7, 11) is 0. The van der Waals surface area contributed by atoms with Crippen molar-refractivity contribution in [3.05, 3.63) is 219 Å². The Balaban J connectivity index is 0.885. The summed E-state index contributed by atoms with van der Waals surface area (Å²) >= 11 is 0. The minimum Gasteiger partial charge on any atom is -0.308 e. The van der Waals surface area contributed by atoms with E-state index in [0.29, 0.717) is 0 Å². The van der Waals surface area contributed by atoms with Gasteiger partial charge >= 0.3 is 0 Å². The molecule has 0 unspecified atom stereocenters. The zero-order chi connectivity index (χ0) is 41.0. The fourth-order valence-electron chi connectivity index (χ4n) is 9.13. The first-order chi connectivity index (χ1) is 30.8. The smallest absolute Gasteiger partial charge is 0.0963 e. The largest absolute Gasteiger partial charge is 0.308 e. The monoisotopic (exact) mass is 792 g/mol. The van der Waals surface area contributed by atoms with Crippen molar-refractivity contribution in [2.75, 3.05) is 0 Å². The lowest BCUT2D eigenvalue weighted by molar-refractivity contribution is 1.17. The Morgan fingerprint density at radius 1 is 0.274 bits per heavy atom. The summed E-state index contributed by atoms with van der Waals surface area (Å²) in [4.78, 5) is 19.1. The molecule has 6 heterocycles. The molecule has 12 rings (SSSR count). The lowest BCUT2D eigenvalue weighted by atomic mass is 9.96. The summed E-state index contributed by atoms with van der Waals surface area (Å²) in [6.45, 7) is 0. The van der Waals surface area contributed by atoms with E-state index in [0.717, 1.165) is 111 Å². The van der Waals surface area contributed by atoms with E-state index < -0.39 is 0 Å². The predicted octanol–water partition coefficient (Wildman–Crippen LogP) is 13.8. The summed E-state index contributed by atoms with van der Waals surface area (Å²) in [6.07, 6.45) is 7.45. The van der Waals surface area contributed by atoms with Crippen LogP contribution in [0.1, 0.15) is 0 Å². The highest BCUT2D eigenvalue weighted by Gasteiger charge is 2.18. The first-order valence-corrected chi connectivity index (χ1v) is 20.8. The summed E-state index contributed by atoms with van der Waals surface area (Å²) in [5.74, 6) is 0. The van der Waals surface area contributed by atoms with E-state index in [4.69, 9.17) is 9.97 Å². The van der Waals surface area contributed by atoms with Crippen LogP contribution in [0.4, 0.5) is 0 Å². The molecule has 0 N–H and O–H groups in total. The maximum atomic E-state index is 4.89. The van der Waals surface area contributed by atoms with Crippen molar-refractivity contribution in [2.24, 2.45) is 0 Å². The molecule has 0 atom stereocenters. The molecule has 6 aromatic carbocycles. The third kappa shape index (κ3) is 5.88. The Hall–Kier alpha value is -8.48. The zero-order valence-electron chi connectivity index (χ0n) is 33.5. The average molecular weight is 793 g/mol. The van der Waals surface area contributed by atoms with Gasteiger partial charge in [-0.1, -0.05) is 97.1 Å². The van der Waals surface area contributed by atoms with Gasteiger partial charge in [0.2, 0.25) is 0 Å². The Bertz CT molecular complexity index is 3370. The Morgan fingerprint density at radius 2 is 0.661 bits per heavy atom. The van der Waals surface area contributed by atoms with Gasteiger partial charge < -0.3 is 9.13 Å². The third-order valence-electron chi connectivity index (χ3n) is 12.0. The topological polar surface area (TPSA) is 61.4 Å². The zero-order valence-corrected chi connectivity index (χ0v) is 33.5. The Kier molecular flexibility index (Phi) is 8.38. The van der Waals surface area contributed by atoms with Crippen LogP contribution in [0, 0.1) is 0 Å². The Labute approximate surface area is 357 Å². The molecule has 0 aliphatic rings. The van der Waals surface area contributed by atoms with Crippen molar-refractivity contribution >= 4 is 43.9 Å². The third-order valence-corrected chi connectivity index (χ3v) is 12.0. The van der Waals surface area contributed by atoms with Crippen LogP contribution in [0.3, 0.4) is 0 Å². The first-order valence-electron chi connectivity index (χ1n) is 20.8. The predicted molar refractivity (Wildman–Crippen MR) is 253 cm³/mol. The number of nitrogens with zero attached hydrogens (tertiary/aromatic N) is 6. The number of hydrogen-bond donors (Lipinski definition) is 0. The number of fused-ring (bicyclic) bond motifs is 6. The summed E-state index contributed by atoms with van der Waals surface area (Å²) in [5, 5.41) is 2.22. The van der Waals surface area contributed by atoms with Gasteiger partial charge in [-0.3, -0.25) is 19.9 Å². The van der Waals surface area contributed by atoms with E-state index in [9.17, 15) is 0 Å². The number of pyridine rings is 4. The molecule has 6 nitrogen and oxygen atoms in total. The molecular formula is C56H36N6.